The van der Waals surface area contributed by atoms with Crippen molar-refractivity contribution >= 4 is 15.9 Å². The summed E-state index contributed by atoms with van der Waals surface area (Å²) in [5.41, 5.74) is 3.30. The van der Waals surface area contributed by atoms with E-state index in [-0.39, 0.29) is 0 Å². The standard InChI is InChI=1S/C11H12BrN3/c1-9-4-2-3-5-11(9)15-8-10(6-7-12)13-14-15/h2-5,8H,6-7H2,1H3. The second kappa shape index (κ2) is 4.57. The minimum atomic E-state index is 0.909. The minimum Gasteiger partial charge on any atom is -0.220 e. The van der Waals surface area contributed by atoms with Crippen LogP contribution in [-0.2, 0) is 6.42 Å². The lowest BCUT2D eigenvalue weighted by Crippen LogP contribution is -1.97. The van der Waals surface area contributed by atoms with E-state index in [1.54, 1.807) is 0 Å². The molecule has 0 spiro atoms. The topological polar surface area (TPSA) is 30.7 Å². The highest BCUT2D eigenvalue weighted by Crippen LogP contribution is 2.12. The SMILES string of the molecule is Cc1ccccc1-n1cc(CCBr)nn1. The smallest absolute Gasteiger partial charge is 0.0840 e. The highest BCUT2D eigenvalue weighted by atomic mass is 79.9. The number of para-hydroxylation sites is 1. The first-order valence-corrected chi connectivity index (χ1v) is 5.96. The van der Waals surface area contributed by atoms with Crippen molar-refractivity contribution in [2.45, 2.75) is 13.3 Å². The maximum atomic E-state index is 4.11. The third kappa shape index (κ3) is 2.26. The first kappa shape index (κ1) is 10.4. The number of benzene rings is 1. The second-order valence-electron chi connectivity index (χ2n) is 3.38. The zero-order valence-electron chi connectivity index (χ0n) is 8.52. The molecule has 78 valence electrons. The van der Waals surface area contributed by atoms with Crippen LogP contribution in [0.25, 0.3) is 5.69 Å². The van der Waals surface area contributed by atoms with E-state index in [4.69, 9.17) is 0 Å². The van der Waals surface area contributed by atoms with Crippen LogP contribution in [0.3, 0.4) is 0 Å². The molecule has 4 heteroatoms. The Morgan fingerprint density at radius 1 is 1.33 bits per heavy atom. The fourth-order valence-corrected chi connectivity index (χ4v) is 1.85. The van der Waals surface area contributed by atoms with Crippen LogP contribution >= 0.6 is 15.9 Å². The largest absolute Gasteiger partial charge is 0.220 e. The molecule has 1 aromatic heterocycles. The molecule has 0 aliphatic heterocycles. The molecule has 2 aromatic rings. The van der Waals surface area contributed by atoms with E-state index in [1.165, 1.54) is 5.56 Å². The van der Waals surface area contributed by atoms with Crippen molar-refractivity contribution in [3.05, 3.63) is 41.7 Å². The normalized spacial score (nSPS) is 10.5. The van der Waals surface area contributed by atoms with Gasteiger partial charge in [0.25, 0.3) is 0 Å². The van der Waals surface area contributed by atoms with Crippen LogP contribution in [0.5, 0.6) is 0 Å². The highest BCUT2D eigenvalue weighted by Gasteiger charge is 2.03. The van der Waals surface area contributed by atoms with Crippen LogP contribution in [0.15, 0.2) is 30.5 Å². The minimum absolute atomic E-state index is 0.909. The maximum Gasteiger partial charge on any atom is 0.0840 e. The first-order chi connectivity index (χ1) is 7.31. The van der Waals surface area contributed by atoms with Gasteiger partial charge in [-0.1, -0.05) is 39.3 Å². The molecule has 0 atom stereocenters. The van der Waals surface area contributed by atoms with E-state index >= 15 is 0 Å². The summed E-state index contributed by atoms with van der Waals surface area (Å²) >= 11 is 3.39. The number of hydrogen-bond acceptors (Lipinski definition) is 2. The molecule has 0 saturated heterocycles. The molecular formula is C11H12BrN3. The molecule has 0 saturated carbocycles. The van der Waals surface area contributed by atoms with Crippen LogP contribution in [0, 0.1) is 6.92 Å². The number of nitrogens with zero attached hydrogens (tertiary/aromatic N) is 3. The molecule has 0 radical (unpaired) electrons. The molecular weight excluding hydrogens is 254 g/mol. The van der Waals surface area contributed by atoms with E-state index in [0.717, 1.165) is 23.1 Å². The van der Waals surface area contributed by atoms with Crippen molar-refractivity contribution in [1.29, 1.82) is 0 Å². The number of aromatic nitrogens is 3. The average Bonchev–Trinajstić information content (AvgIpc) is 2.68. The zero-order chi connectivity index (χ0) is 10.7. The molecule has 0 bridgehead atoms. The Morgan fingerprint density at radius 3 is 2.87 bits per heavy atom. The molecule has 0 aliphatic rings. The quantitative estimate of drug-likeness (QED) is 0.799. The molecule has 3 nitrogen and oxygen atoms in total. The monoisotopic (exact) mass is 265 g/mol. The summed E-state index contributed by atoms with van der Waals surface area (Å²) in [6, 6.07) is 8.15. The number of rotatable bonds is 3. The van der Waals surface area contributed by atoms with E-state index in [9.17, 15) is 0 Å². The molecule has 15 heavy (non-hydrogen) atoms. The van der Waals surface area contributed by atoms with Gasteiger partial charge in [0.15, 0.2) is 0 Å². The fraction of sp³-hybridized carbons (Fsp3) is 0.273. The maximum absolute atomic E-state index is 4.11. The van der Waals surface area contributed by atoms with Gasteiger partial charge in [-0.2, -0.15) is 0 Å². The predicted octanol–water partition coefficient (Wildman–Crippen LogP) is 2.51. The molecule has 2 rings (SSSR count). The molecule has 0 aliphatic carbocycles. The average molecular weight is 266 g/mol. The van der Waals surface area contributed by atoms with E-state index < -0.39 is 0 Å². The first-order valence-electron chi connectivity index (χ1n) is 4.84. The predicted molar refractivity (Wildman–Crippen MR) is 63.6 cm³/mol. The van der Waals surface area contributed by atoms with Gasteiger partial charge in [0, 0.05) is 11.8 Å². The Hall–Kier alpha value is -1.16. The summed E-state index contributed by atoms with van der Waals surface area (Å²) in [5, 5.41) is 9.13. The van der Waals surface area contributed by atoms with Crippen LogP contribution in [0.4, 0.5) is 0 Å². The van der Waals surface area contributed by atoms with Crippen LogP contribution in [-0.4, -0.2) is 20.3 Å². The second-order valence-corrected chi connectivity index (χ2v) is 4.17. The number of halogens is 1. The van der Waals surface area contributed by atoms with Crippen LogP contribution in [0.1, 0.15) is 11.3 Å². The van der Waals surface area contributed by atoms with Gasteiger partial charge < -0.3 is 0 Å². The number of alkyl halides is 1. The number of aryl methyl sites for hydroxylation is 2. The Morgan fingerprint density at radius 2 is 2.13 bits per heavy atom. The summed E-state index contributed by atoms with van der Waals surface area (Å²) in [4.78, 5) is 0. The third-order valence-corrected chi connectivity index (χ3v) is 2.65. The molecule has 0 N–H and O–H groups in total. The van der Waals surface area contributed by atoms with Gasteiger partial charge in [0.1, 0.15) is 0 Å². The van der Waals surface area contributed by atoms with Gasteiger partial charge in [-0.15, -0.1) is 5.10 Å². The summed E-state index contributed by atoms with van der Waals surface area (Å²) in [5.74, 6) is 0. The van der Waals surface area contributed by atoms with Crippen molar-refractivity contribution < 1.29 is 0 Å². The van der Waals surface area contributed by atoms with E-state index in [2.05, 4.69) is 39.2 Å². The summed E-state index contributed by atoms with van der Waals surface area (Å²) in [6.45, 7) is 2.07. The van der Waals surface area contributed by atoms with Crippen molar-refractivity contribution in [1.82, 2.24) is 15.0 Å². The number of hydrogen-bond donors (Lipinski definition) is 0. The van der Waals surface area contributed by atoms with Crippen molar-refractivity contribution in [2.75, 3.05) is 5.33 Å². The van der Waals surface area contributed by atoms with Crippen molar-refractivity contribution in [2.24, 2.45) is 0 Å². The van der Waals surface area contributed by atoms with Crippen LogP contribution < -0.4 is 0 Å². The zero-order valence-corrected chi connectivity index (χ0v) is 10.1. The Bertz CT molecular complexity index is 451. The van der Waals surface area contributed by atoms with Gasteiger partial charge in [0.05, 0.1) is 17.6 Å². The summed E-state index contributed by atoms with van der Waals surface area (Å²) < 4.78 is 1.83. The van der Waals surface area contributed by atoms with E-state index in [1.807, 2.05) is 29.1 Å². The van der Waals surface area contributed by atoms with E-state index in [0.29, 0.717) is 0 Å². The van der Waals surface area contributed by atoms with Gasteiger partial charge >= 0.3 is 0 Å². The Kier molecular flexibility index (Phi) is 3.16. The van der Waals surface area contributed by atoms with Gasteiger partial charge in [0.2, 0.25) is 0 Å². The van der Waals surface area contributed by atoms with Crippen LogP contribution in [0.2, 0.25) is 0 Å². The summed E-state index contributed by atoms with van der Waals surface area (Å²) in [7, 11) is 0. The Labute approximate surface area is 97.2 Å². The molecule has 1 heterocycles. The Balaban J connectivity index is 2.33. The van der Waals surface area contributed by atoms with Gasteiger partial charge in [-0.3, -0.25) is 0 Å². The molecule has 1 aromatic carbocycles. The van der Waals surface area contributed by atoms with Gasteiger partial charge in [-0.05, 0) is 18.6 Å². The molecule has 0 unspecified atom stereocenters. The molecule has 0 amide bonds. The fourth-order valence-electron chi connectivity index (χ4n) is 1.45. The van der Waals surface area contributed by atoms with Crippen molar-refractivity contribution in [3.8, 4) is 5.69 Å². The lowest BCUT2D eigenvalue weighted by atomic mass is 10.2. The van der Waals surface area contributed by atoms with Gasteiger partial charge in [-0.25, -0.2) is 4.68 Å². The third-order valence-electron chi connectivity index (χ3n) is 2.25. The van der Waals surface area contributed by atoms with Crippen molar-refractivity contribution in [3.63, 3.8) is 0 Å². The lowest BCUT2D eigenvalue weighted by molar-refractivity contribution is 0.794. The summed E-state index contributed by atoms with van der Waals surface area (Å²) in [6.07, 6.45) is 2.88. The highest BCUT2D eigenvalue weighted by molar-refractivity contribution is 9.09. The molecule has 0 fully saturated rings. The lowest BCUT2D eigenvalue weighted by Gasteiger charge is -2.02.